The molecule has 2 amide bonds. The number of aryl methyl sites for hydroxylation is 1. The molecule has 0 N–H and O–H groups in total. The number of nitrogens with zero attached hydrogens (tertiary/aromatic N) is 1. The number of benzene rings is 1. The Hall–Kier alpha value is -1.93. The molecule has 1 aromatic rings. The fourth-order valence-electron chi connectivity index (χ4n) is 2.58. The molecule has 1 aromatic carbocycles. The summed E-state index contributed by atoms with van der Waals surface area (Å²) in [5, 5.41) is 0. The van der Waals surface area contributed by atoms with Gasteiger partial charge in [-0.05, 0) is 52.7 Å². The van der Waals surface area contributed by atoms with E-state index in [1.165, 1.54) is 12.1 Å². The predicted molar refractivity (Wildman–Crippen MR) is 95.0 cm³/mol. The monoisotopic (exact) mass is 383 g/mol. The normalized spacial score (nSPS) is 18.2. The predicted octanol–water partition coefficient (Wildman–Crippen LogP) is 2.87. The molecule has 1 aliphatic rings. The third-order valence-electron chi connectivity index (χ3n) is 3.94. The van der Waals surface area contributed by atoms with E-state index >= 15 is 0 Å². The molecule has 0 bridgehead atoms. The Bertz CT molecular complexity index is 764. The van der Waals surface area contributed by atoms with Gasteiger partial charge in [0.2, 0.25) is 5.91 Å². The van der Waals surface area contributed by atoms with Crippen molar-refractivity contribution in [3.63, 3.8) is 0 Å². The highest BCUT2D eigenvalue weighted by molar-refractivity contribution is 7.86. The van der Waals surface area contributed by atoms with E-state index in [2.05, 4.69) is 0 Å². The molecule has 1 fully saturated rings. The van der Waals surface area contributed by atoms with Gasteiger partial charge in [0.25, 0.3) is 10.1 Å². The van der Waals surface area contributed by atoms with Crippen LogP contribution in [0.3, 0.4) is 0 Å². The maximum atomic E-state index is 12.3. The molecular weight excluding hydrogens is 358 g/mol. The van der Waals surface area contributed by atoms with Crippen molar-refractivity contribution >= 4 is 22.1 Å². The van der Waals surface area contributed by atoms with E-state index in [-0.39, 0.29) is 30.4 Å². The maximum Gasteiger partial charge on any atom is 0.417 e. The van der Waals surface area contributed by atoms with E-state index < -0.39 is 27.7 Å². The van der Waals surface area contributed by atoms with Gasteiger partial charge >= 0.3 is 6.09 Å². The van der Waals surface area contributed by atoms with Crippen molar-refractivity contribution in [1.29, 1.82) is 0 Å². The number of imide groups is 1. The van der Waals surface area contributed by atoms with Crippen molar-refractivity contribution < 1.29 is 26.9 Å². The van der Waals surface area contributed by atoms with Crippen LogP contribution in [0.1, 0.15) is 39.2 Å². The second kappa shape index (κ2) is 7.75. The van der Waals surface area contributed by atoms with Crippen LogP contribution in [0, 0.1) is 12.8 Å². The fourth-order valence-corrected chi connectivity index (χ4v) is 3.50. The zero-order valence-corrected chi connectivity index (χ0v) is 16.3. The average molecular weight is 383 g/mol. The highest BCUT2D eigenvalue weighted by Gasteiger charge is 2.37. The topological polar surface area (TPSA) is 90.0 Å². The van der Waals surface area contributed by atoms with Gasteiger partial charge in [-0.15, -0.1) is 0 Å². The SMILES string of the molecule is Cc1ccc(S(=O)(=O)OCC[C@@H]2CCN(C(=O)OC(C)(C)C)C2=O)cc1. The van der Waals surface area contributed by atoms with Crippen LogP contribution in [0.25, 0.3) is 0 Å². The molecule has 1 atom stereocenters. The fraction of sp³-hybridized carbons (Fsp3) is 0.556. The van der Waals surface area contributed by atoms with Crippen molar-refractivity contribution in [1.82, 2.24) is 4.90 Å². The van der Waals surface area contributed by atoms with Gasteiger partial charge in [0.15, 0.2) is 0 Å². The zero-order chi connectivity index (χ0) is 19.5. The molecule has 0 radical (unpaired) electrons. The summed E-state index contributed by atoms with van der Waals surface area (Å²) in [6.07, 6.45) is 0.0214. The Labute approximate surface area is 154 Å². The molecule has 26 heavy (non-hydrogen) atoms. The van der Waals surface area contributed by atoms with Crippen LogP contribution in [0.2, 0.25) is 0 Å². The number of ether oxygens (including phenoxy) is 1. The van der Waals surface area contributed by atoms with Crippen molar-refractivity contribution in [2.45, 2.75) is 51.0 Å². The quantitative estimate of drug-likeness (QED) is 0.726. The smallest absolute Gasteiger partial charge is 0.417 e. The van der Waals surface area contributed by atoms with E-state index in [1.807, 2.05) is 6.92 Å². The number of hydrogen-bond acceptors (Lipinski definition) is 6. The number of rotatable bonds is 5. The molecule has 0 saturated carbocycles. The van der Waals surface area contributed by atoms with Crippen LogP contribution in [0.4, 0.5) is 4.79 Å². The first-order valence-corrected chi connectivity index (χ1v) is 9.91. The van der Waals surface area contributed by atoms with Crippen LogP contribution in [0.5, 0.6) is 0 Å². The van der Waals surface area contributed by atoms with Crippen molar-refractivity contribution in [3.8, 4) is 0 Å². The van der Waals surface area contributed by atoms with Gasteiger partial charge in [-0.1, -0.05) is 17.7 Å². The summed E-state index contributed by atoms with van der Waals surface area (Å²) >= 11 is 0. The lowest BCUT2D eigenvalue weighted by Crippen LogP contribution is -2.38. The summed E-state index contributed by atoms with van der Waals surface area (Å²) in [6.45, 7) is 7.20. The molecule has 0 spiro atoms. The molecule has 0 unspecified atom stereocenters. The number of hydrogen-bond donors (Lipinski definition) is 0. The number of amides is 2. The van der Waals surface area contributed by atoms with Crippen LogP contribution in [-0.2, 0) is 23.8 Å². The van der Waals surface area contributed by atoms with E-state index in [9.17, 15) is 18.0 Å². The van der Waals surface area contributed by atoms with Crippen LogP contribution in [-0.4, -0.2) is 44.1 Å². The van der Waals surface area contributed by atoms with Gasteiger partial charge in [-0.2, -0.15) is 8.42 Å². The van der Waals surface area contributed by atoms with Crippen molar-refractivity contribution in [3.05, 3.63) is 29.8 Å². The first-order valence-electron chi connectivity index (χ1n) is 8.50. The number of carbonyl (C=O) groups excluding carboxylic acids is 2. The van der Waals surface area contributed by atoms with E-state index in [1.54, 1.807) is 32.9 Å². The van der Waals surface area contributed by atoms with Gasteiger partial charge in [-0.25, -0.2) is 9.69 Å². The molecule has 8 heteroatoms. The highest BCUT2D eigenvalue weighted by Crippen LogP contribution is 2.24. The highest BCUT2D eigenvalue weighted by atomic mass is 32.2. The summed E-state index contributed by atoms with van der Waals surface area (Å²) in [7, 11) is -3.86. The Balaban J connectivity index is 1.88. The summed E-state index contributed by atoms with van der Waals surface area (Å²) < 4.78 is 34.5. The number of likely N-dealkylation sites (tertiary alicyclic amines) is 1. The van der Waals surface area contributed by atoms with Crippen LogP contribution in [0.15, 0.2) is 29.2 Å². The second-order valence-electron chi connectivity index (χ2n) is 7.33. The standard InChI is InChI=1S/C18H25NO6S/c1-13-5-7-15(8-6-13)26(22,23)24-12-10-14-9-11-19(16(14)20)17(21)25-18(2,3)4/h5-8,14H,9-12H2,1-4H3/t14-/m0/s1. The molecule has 0 aliphatic carbocycles. The van der Waals surface area contributed by atoms with Gasteiger partial charge < -0.3 is 4.74 Å². The van der Waals surface area contributed by atoms with Gasteiger partial charge in [0, 0.05) is 12.5 Å². The first-order chi connectivity index (χ1) is 12.0. The minimum Gasteiger partial charge on any atom is -0.443 e. The van der Waals surface area contributed by atoms with Gasteiger partial charge in [-0.3, -0.25) is 8.98 Å². The lowest BCUT2D eigenvalue weighted by atomic mass is 10.1. The first kappa shape index (κ1) is 20.4. The third kappa shape index (κ3) is 5.28. The second-order valence-corrected chi connectivity index (χ2v) is 8.95. The Morgan fingerprint density at radius 1 is 1.23 bits per heavy atom. The summed E-state index contributed by atoms with van der Waals surface area (Å²) in [4.78, 5) is 25.5. The van der Waals surface area contributed by atoms with Crippen molar-refractivity contribution in [2.75, 3.05) is 13.2 Å². The lowest BCUT2D eigenvalue weighted by Gasteiger charge is -2.23. The van der Waals surface area contributed by atoms with E-state index in [0.717, 1.165) is 10.5 Å². The third-order valence-corrected chi connectivity index (χ3v) is 5.27. The summed E-state index contributed by atoms with van der Waals surface area (Å²) in [6, 6.07) is 6.34. The largest absolute Gasteiger partial charge is 0.443 e. The Morgan fingerprint density at radius 2 is 1.85 bits per heavy atom. The summed E-state index contributed by atoms with van der Waals surface area (Å²) in [5.41, 5.74) is 0.267. The molecule has 1 heterocycles. The van der Waals surface area contributed by atoms with Crippen LogP contribution < -0.4 is 0 Å². The average Bonchev–Trinajstić information content (AvgIpc) is 2.87. The Kier molecular flexibility index (Phi) is 6.08. The maximum absolute atomic E-state index is 12.3. The van der Waals surface area contributed by atoms with Crippen LogP contribution >= 0.6 is 0 Å². The molecule has 1 aliphatic heterocycles. The Morgan fingerprint density at radius 3 is 2.42 bits per heavy atom. The van der Waals surface area contributed by atoms with E-state index in [4.69, 9.17) is 8.92 Å². The molecule has 7 nitrogen and oxygen atoms in total. The summed E-state index contributed by atoms with van der Waals surface area (Å²) in [5.74, 6) is -0.800. The van der Waals surface area contributed by atoms with E-state index in [0.29, 0.717) is 6.42 Å². The van der Waals surface area contributed by atoms with Crippen molar-refractivity contribution in [2.24, 2.45) is 5.92 Å². The number of carbonyl (C=O) groups is 2. The molecule has 144 valence electrons. The minimum absolute atomic E-state index is 0.0798. The molecular formula is C18H25NO6S. The lowest BCUT2D eigenvalue weighted by molar-refractivity contribution is -0.130. The van der Waals surface area contributed by atoms with Gasteiger partial charge in [0.1, 0.15) is 5.60 Å². The zero-order valence-electron chi connectivity index (χ0n) is 15.5. The molecule has 2 rings (SSSR count). The van der Waals surface area contributed by atoms with Gasteiger partial charge in [0.05, 0.1) is 11.5 Å². The molecule has 1 saturated heterocycles. The molecule has 0 aromatic heterocycles. The minimum atomic E-state index is -3.86.